The Bertz CT molecular complexity index is 176. The molecule has 2 unspecified atom stereocenters. The Hall–Kier alpha value is -0.560. The molecule has 12 heavy (non-hydrogen) atoms. The zero-order chi connectivity index (χ0) is 8.97. The fourth-order valence-electron chi connectivity index (χ4n) is 1.53. The van der Waals surface area contributed by atoms with Crippen LogP contribution < -0.4 is 0 Å². The Morgan fingerprint density at radius 1 is 1.58 bits per heavy atom. The van der Waals surface area contributed by atoms with Gasteiger partial charge in [0.1, 0.15) is 0 Å². The largest absolute Gasteiger partial charge is 0.396 e. The Morgan fingerprint density at radius 2 is 2.33 bits per heavy atom. The van der Waals surface area contributed by atoms with Gasteiger partial charge < -0.3 is 10.2 Å². The van der Waals surface area contributed by atoms with Crippen LogP contribution in [0.15, 0.2) is 0 Å². The van der Waals surface area contributed by atoms with Crippen LogP contribution >= 0.6 is 0 Å². The third-order valence-electron chi connectivity index (χ3n) is 2.35. The van der Waals surface area contributed by atoms with E-state index in [4.69, 9.17) is 11.5 Å². The third-order valence-corrected chi connectivity index (χ3v) is 2.35. The number of aliphatic hydroxyl groups excluding tert-OH is 2. The highest BCUT2D eigenvalue weighted by molar-refractivity contribution is 4.91. The number of hydrogen-bond acceptors (Lipinski definition) is 3. The minimum absolute atomic E-state index is 0.0408. The predicted octanol–water partition coefficient (Wildman–Crippen LogP) is -0.705. The molecule has 1 aliphatic rings. The summed E-state index contributed by atoms with van der Waals surface area (Å²) in [5, 5.41) is 18.4. The Balaban J connectivity index is 2.36. The van der Waals surface area contributed by atoms with Crippen molar-refractivity contribution in [2.75, 3.05) is 26.2 Å². The fourth-order valence-corrected chi connectivity index (χ4v) is 1.53. The van der Waals surface area contributed by atoms with Crippen LogP contribution in [0.4, 0.5) is 0 Å². The maximum Gasteiger partial charge on any atom is 0.0717 e. The topological polar surface area (TPSA) is 43.7 Å². The van der Waals surface area contributed by atoms with Crippen LogP contribution in [-0.4, -0.2) is 47.5 Å². The molecule has 0 radical (unpaired) electrons. The first-order chi connectivity index (χ1) is 5.77. The smallest absolute Gasteiger partial charge is 0.0717 e. The molecule has 3 heteroatoms. The number of β-amino-alcohol motifs (C(OH)–C–C–N with tert-alkyl or cyclic N) is 1. The lowest BCUT2D eigenvalue weighted by atomic mass is 9.95. The number of nitrogens with zero attached hydrogens (tertiary/aromatic N) is 1. The Kier molecular flexibility index (Phi) is 3.54. The normalized spacial score (nSPS) is 31.4. The maximum absolute atomic E-state index is 9.50. The molecule has 1 aliphatic heterocycles. The lowest BCUT2D eigenvalue weighted by molar-refractivity contribution is 0.00257. The van der Waals surface area contributed by atoms with Gasteiger partial charge in [0.15, 0.2) is 0 Å². The van der Waals surface area contributed by atoms with Gasteiger partial charge in [-0.2, -0.15) is 0 Å². The molecule has 0 bridgehead atoms. The summed E-state index contributed by atoms with van der Waals surface area (Å²) in [6.45, 7) is 2.14. The molecule has 0 aromatic rings. The quantitative estimate of drug-likeness (QED) is 0.537. The van der Waals surface area contributed by atoms with E-state index in [0.717, 1.165) is 13.0 Å². The molecule has 3 nitrogen and oxygen atoms in total. The van der Waals surface area contributed by atoms with E-state index in [1.807, 2.05) is 4.90 Å². The summed E-state index contributed by atoms with van der Waals surface area (Å²) in [6.07, 6.45) is 5.56. The molecule has 0 aliphatic carbocycles. The van der Waals surface area contributed by atoms with Crippen LogP contribution in [0, 0.1) is 18.3 Å². The molecule has 0 spiro atoms. The standard InChI is InChI=1S/C9H15NO2/c1-2-4-10-5-3-8(7-11)9(12)6-10/h1,8-9,11-12H,3-7H2. The van der Waals surface area contributed by atoms with Gasteiger partial charge in [0.2, 0.25) is 0 Å². The second-order valence-electron chi connectivity index (χ2n) is 3.24. The summed E-state index contributed by atoms with van der Waals surface area (Å²) in [6, 6.07) is 0. The van der Waals surface area contributed by atoms with E-state index in [2.05, 4.69) is 5.92 Å². The molecule has 1 saturated heterocycles. The minimum Gasteiger partial charge on any atom is -0.396 e. The summed E-state index contributed by atoms with van der Waals surface area (Å²) in [5.74, 6) is 2.58. The highest BCUT2D eigenvalue weighted by atomic mass is 16.3. The van der Waals surface area contributed by atoms with Crippen molar-refractivity contribution in [3.63, 3.8) is 0 Å². The van der Waals surface area contributed by atoms with Gasteiger partial charge in [-0.25, -0.2) is 0 Å². The van der Waals surface area contributed by atoms with E-state index in [1.165, 1.54) is 0 Å². The fraction of sp³-hybridized carbons (Fsp3) is 0.778. The second kappa shape index (κ2) is 4.46. The zero-order valence-electron chi connectivity index (χ0n) is 7.11. The number of likely N-dealkylation sites (tertiary alicyclic amines) is 1. The average molecular weight is 169 g/mol. The van der Waals surface area contributed by atoms with Gasteiger partial charge in [0.25, 0.3) is 0 Å². The van der Waals surface area contributed by atoms with Crippen molar-refractivity contribution in [3.8, 4) is 12.3 Å². The summed E-state index contributed by atoms with van der Waals surface area (Å²) < 4.78 is 0. The van der Waals surface area contributed by atoms with Crippen LogP contribution in [0.2, 0.25) is 0 Å². The highest BCUT2D eigenvalue weighted by Crippen LogP contribution is 2.16. The van der Waals surface area contributed by atoms with E-state index >= 15 is 0 Å². The summed E-state index contributed by atoms with van der Waals surface area (Å²) in [4.78, 5) is 2.02. The number of terminal acetylenes is 1. The lowest BCUT2D eigenvalue weighted by Crippen LogP contribution is -2.45. The number of rotatable bonds is 2. The Morgan fingerprint density at radius 3 is 2.83 bits per heavy atom. The highest BCUT2D eigenvalue weighted by Gasteiger charge is 2.26. The van der Waals surface area contributed by atoms with Crippen molar-refractivity contribution in [2.24, 2.45) is 5.92 Å². The SMILES string of the molecule is C#CCN1CCC(CO)C(O)C1. The molecule has 1 fully saturated rings. The molecular formula is C9H15NO2. The lowest BCUT2D eigenvalue weighted by Gasteiger charge is -2.33. The van der Waals surface area contributed by atoms with E-state index in [1.54, 1.807) is 0 Å². The van der Waals surface area contributed by atoms with E-state index in [-0.39, 0.29) is 12.5 Å². The molecule has 0 aromatic carbocycles. The molecule has 2 N–H and O–H groups in total. The molecule has 1 heterocycles. The second-order valence-corrected chi connectivity index (χ2v) is 3.24. The van der Waals surface area contributed by atoms with Gasteiger partial charge in [-0.1, -0.05) is 5.92 Å². The molecule has 0 saturated carbocycles. The van der Waals surface area contributed by atoms with E-state index in [9.17, 15) is 5.11 Å². The van der Waals surface area contributed by atoms with Crippen LogP contribution in [0.1, 0.15) is 6.42 Å². The average Bonchev–Trinajstić information content (AvgIpc) is 2.05. The molecule has 1 rings (SSSR count). The van der Waals surface area contributed by atoms with E-state index < -0.39 is 6.10 Å². The van der Waals surface area contributed by atoms with Gasteiger partial charge in [0, 0.05) is 19.1 Å². The van der Waals surface area contributed by atoms with Crippen molar-refractivity contribution in [1.29, 1.82) is 0 Å². The summed E-state index contributed by atoms with van der Waals surface area (Å²) >= 11 is 0. The van der Waals surface area contributed by atoms with Crippen LogP contribution in [-0.2, 0) is 0 Å². The monoisotopic (exact) mass is 169 g/mol. The first-order valence-electron chi connectivity index (χ1n) is 4.22. The van der Waals surface area contributed by atoms with Crippen molar-refractivity contribution >= 4 is 0 Å². The van der Waals surface area contributed by atoms with Crippen molar-refractivity contribution in [1.82, 2.24) is 4.90 Å². The number of aliphatic hydroxyl groups is 2. The van der Waals surface area contributed by atoms with Gasteiger partial charge in [0.05, 0.1) is 12.6 Å². The molecule has 68 valence electrons. The number of piperidine rings is 1. The van der Waals surface area contributed by atoms with Crippen LogP contribution in [0.3, 0.4) is 0 Å². The van der Waals surface area contributed by atoms with Crippen molar-refractivity contribution < 1.29 is 10.2 Å². The van der Waals surface area contributed by atoms with Crippen molar-refractivity contribution in [2.45, 2.75) is 12.5 Å². The molecule has 2 atom stereocenters. The van der Waals surface area contributed by atoms with Gasteiger partial charge >= 0.3 is 0 Å². The van der Waals surface area contributed by atoms with Crippen LogP contribution in [0.25, 0.3) is 0 Å². The first kappa shape index (κ1) is 9.53. The molecule has 0 amide bonds. The van der Waals surface area contributed by atoms with Crippen LogP contribution in [0.5, 0.6) is 0 Å². The zero-order valence-corrected chi connectivity index (χ0v) is 7.11. The molecule has 0 aromatic heterocycles. The van der Waals surface area contributed by atoms with Crippen molar-refractivity contribution in [3.05, 3.63) is 0 Å². The molecular weight excluding hydrogens is 154 g/mol. The van der Waals surface area contributed by atoms with Gasteiger partial charge in [-0.3, -0.25) is 4.90 Å². The summed E-state index contributed by atoms with van der Waals surface area (Å²) in [7, 11) is 0. The van der Waals surface area contributed by atoms with E-state index in [0.29, 0.717) is 13.1 Å². The summed E-state index contributed by atoms with van der Waals surface area (Å²) in [5.41, 5.74) is 0. The first-order valence-corrected chi connectivity index (χ1v) is 4.22. The van der Waals surface area contributed by atoms with Gasteiger partial charge in [-0.05, 0) is 13.0 Å². The number of hydrogen-bond donors (Lipinski definition) is 2. The van der Waals surface area contributed by atoms with Gasteiger partial charge in [-0.15, -0.1) is 6.42 Å². The third kappa shape index (κ3) is 2.21. The maximum atomic E-state index is 9.50. The minimum atomic E-state index is -0.419. The predicted molar refractivity (Wildman–Crippen MR) is 46.5 cm³/mol. The Labute approximate surface area is 73.0 Å².